The van der Waals surface area contributed by atoms with Gasteiger partial charge in [0.1, 0.15) is 12.3 Å². The maximum atomic E-state index is 11.3. The van der Waals surface area contributed by atoms with Crippen molar-refractivity contribution >= 4 is 5.91 Å². The average molecular weight is 293 g/mol. The summed E-state index contributed by atoms with van der Waals surface area (Å²) in [6, 6.07) is 0. The Morgan fingerprint density at radius 1 is 1.50 bits per heavy atom. The first-order chi connectivity index (χ1) is 9.49. The number of amides is 1. The zero-order chi connectivity index (χ0) is 15.0. The van der Waals surface area contributed by atoms with Crippen molar-refractivity contribution in [3.05, 3.63) is 0 Å². The number of aliphatic hydroxyl groups excluding tert-OH is 3. The van der Waals surface area contributed by atoms with Crippen LogP contribution in [0, 0.1) is 0 Å². The number of ether oxygens (including phenoxy) is 2. The van der Waals surface area contributed by atoms with Crippen molar-refractivity contribution in [3.63, 3.8) is 0 Å². The molecule has 118 valence electrons. The Labute approximate surface area is 117 Å². The molecule has 0 aromatic rings. The SMILES string of the molecule is NC(O)CNCC(=O)NCCOC1OCC(O)CC1O. The topological polar surface area (TPSA) is 146 Å². The molecule has 9 nitrogen and oxygen atoms in total. The Kier molecular flexibility index (Phi) is 7.92. The quantitative estimate of drug-likeness (QED) is 0.199. The molecule has 0 aliphatic carbocycles. The number of aliphatic hydroxyl groups is 3. The molecule has 20 heavy (non-hydrogen) atoms. The highest BCUT2D eigenvalue weighted by Crippen LogP contribution is 2.15. The lowest BCUT2D eigenvalue weighted by atomic mass is 10.1. The van der Waals surface area contributed by atoms with Crippen molar-refractivity contribution in [2.24, 2.45) is 5.73 Å². The fourth-order valence-electron chi connectivity index (χ4n) is 1.70. The van der Waals surface area contributed by atoms with Gasteiger partial charge in [-0.1, -0.05) is 0 Å². The highest BCUT2D eigenvalue weighted by Gasteiger charge is 2.29. The number of carbonyl (C=O) groups is 1. The minimum atomic E-state index is -0.994. The first kappa shape index (κ1) is 17.2. The summed E-state index contributed by atoms with van der Waals surface area (Å²) in [6.45, 7) is 0.751. The van der Waals surface area contributed by atoms with E-state index in [4.69, 9.17) is 20.3 Å². The van der Waals surface area contributed by atoms with Crippen LogP contribution in [0.2, 0.25) is 0 Å². The minimum Gasteiger partial charge on any atom is -0.391 e. The van der Waals surface area contributed by atoms with E-state index < -0.39 is 24.7 Å². The smallest absolute Gasteiger partial charge is 0.234 e. The van der Waals surface area contributed by atoms with Gasteiger partial charge >= 0.3 is 0 Å². The fourth-order valence-corrected chi connectivity index (χ4v) is 1.70. The van der Waals surface area contributed by atoms with Gasteiger partial charge < -0.3 is 41.2 Å². The first-order valence-electron chi connectivity index (χ1n) is 6.49. The number of nitrogens with two attached hydrogens (primary N) is 1. The summed E-state index contributed by atoms with van der Waals surface area (Å²) < 4.78 is 10.4. The predicted molar refractivity (Wildman–Crippen MR) is 68.4 cm³/mol. The van der Waals surface area contributed by atoms with E-state index in [1.807, 2.05) is 0 Å². The summed E-state index contributed by atoms with van der Waals surface area (Å²) in [7, 11) is 0. The van der Waals surface area contributed by atoms with Gasteiger partial charge in [-0.25, -0.2) is 0 Å². The first-order valence-corrected chi connectivity index (χ1v) is 6.49. The van der Waals surface area contributed by atoms with E-state index in [0.29, 0.717) is 0 Å². The fraction of sp³-hybridized carbons (Fsp3) is 0.909. The molecule has 1 saturated heterocycles. The Hall–Kier alpha value is -0.810. The van der Waals surface area contributed by atoms with Gasteiger partial charge in [-0.05, 0) is 0 Å². The summed E-state index contributed by atoms with van der Waals surface area (Å²) in [6.07, 6.45) is -3.11. The third-order valence-corrected chi connectivity index (χ3v) is 2.63. The molecule has 1 amide bonds. The van der Waals surface area contributed by atoms with Crippen LogP contribution in [0.3, 0.4) is 0 Å². The molecule has 0 aromatic heterocycles. The Morgan fingerprint density at radius 2 is 2.25 bits per heavy atom. The molecule has 4 unspecified atom stereocenters. The van der Waals surface area contributed by atoms with Crippen LogP contribution >= 0.6 is 0 Å². The Morgan fingerprint density at radius 3 is 2.90 bits per heavy atom. The van der Waals surface area contributed by atoms with E-state index in [-0.39, 0.29) is 45.2 Å². The van der Waals surface area contributed by atoms with Crippen molar-refractivity contribution in [3.8, 4) is 0 Å². The molecule has 7 N–H and O–H groups in total. The van der Waals surface area contributed by atoms with Gasteiger partial charge in [0.25, 0.3) is 0 Å². The third-order valence-electron chi connectivity index (χ3n) is 2.63. The summed E-state index contributed by atoms with van der Waals surface area (Å²) >= 11 is 0. The summed E-state index contributed by atoms with van der Waals surface area (Å²) in [5, 5.41) is 32.8. The molecule has 1 heterocycles. The molecule has 9 heteroatoms. The van der Waals surface area contributed by atoms with Crippen LogP contribution < -0.4 is 16.4 Å². The van der Waals surface area contributed by atoms with Crippen LogP contribution in [0.1, 0.15) is 6.42 Å². The van der Waals surface area contributed by atoms with Crippen LogP contribution in [0.25, 0.3) is 0 Å². The van der Waals surface area contributed by atoms with Crippen LogP contribution in [0.4, 0.5) is 0 Å². The average Bonchev–Trinajstić information content (AvgIpc) is 2.36. The van der Waals surface area contributed by atoms with Gasteiger partial charge in [-0.15, -0.1) is 0 Å². The lowest BCUT2D eigenvalue weighted by Gasteiger charge is -2.30. The molecule has 1 aliphatic rings. The number of hydrogen-bond donors (Lipinski definition) is 6. The van der Waals surface area contributed by atoms with E-state index in [9.17, 15) is 15.0 Å². The molecule has 0 radical (unpaired) electrons. The number of carbonyl (C=O) groups excluding carboxylic acids is 1. The molecule has 1 fully saturated rings. The molecule has 0 aromatic carbocycles. The van der Waals surface area contributed by atoms with Crippen molar-refractivity contribution in [2.45, 2.75) is 31.1 Å². The minimum absolute atomic E-state index is 0.0446. The standard InChI is InChI=1S/C11H23N3O6/c12-9(17)4-13-5-10(18)14-1-2-19-11-8(16)3-7(15)6-20-11/h7-9,11,13,15-17H,1-6,12H2,(H,14,18). The predicted octanol–water partition coefficient (Wildman–Crippen LogP) is -3.55. The second-order valence-electron chi connectivity index (χ2n) is 4.58. The van der Waals surface area contributed by atoms with E-state index in [0.717, 1.165) is 0 Å². The lowest BCUT2D eigenvalue weighted by Crippen LogP contribution is -2.44. The van der Waals surface area contributed by atoms with Crippen LogP contribution in [-0.4, -0.2) is 78.8 Å². The molecule has 4 atom stereocenters. The number of hydrogen-bond acceptors (Lipinski definition) is 8. The molecule has 1 aliphatic heterocycles. The highest BCUT2D eigenvalue weighted by molar-refractivity contribution is 5.77. The van der Waals surface area contributed by atoms with Gasteiger partial charge in [0.15, 0.2) is 6.29 Å². The molecular formula is C11H23N3O6. The van der Waals surface area contributed by atoms with Gasteiger partial charge in [0.05, 0.1) is 25.9 Å². The number of nitrogens with one attached hydrogen (secondary N) is 2. The van der Waals surface area contributed by atoms with Crippen molar-refractivity contribution in [1.82, 2.24) is 10.6 Å². The van der Waals surface area contributed by atoms with Crippen molar-refractivity contribution in [1.29, 1.82) is 0 Å². The van der Waals surface area contributed by atoms with E-state index in [1.54, 1.807) is 0 Å². The highest BCUT2D eigenvalue weighted by atomic mass is 16.7. The van der Waals surface area contributed by atoms with Crippen LogP contribution in [-0.2, 0) is 14.3 Å². The summed E-state index contributed by atoms with van der Waals surface area (Å²) in [4.78, 5) is 11.3. The molecule has 0 spiro atoms. The summed E-state index contributed by atoms with van der Waals surface area (Å²) in [5.41, 5.74) is 5.09. The molecule has 0 bridgehead atoms. The molecular weight excluding hydrogens is 270 g/mol. The second kappa shape index (κ2) is 9.19. The van der Waals surface area contributed by atoms with Gasteiger partial charge in [0, 0.05) is 19.5 Å². The molecule has 1 rings (SSSR count). The van der Waals surface area contributed by atoms with Crippen molar-refractivity contribution in [2.75, 3.05) is 32.8 Å². The van der Waals surface area contributed by atoms with Gasteiger partial charge in [0.2, 0.25) is 5.91 Å². The monoisotopic (exact) mass is 293 g/mol. The number of rotatable bonds is 8. The third kappa shape index (κ3) is 7.10. The zero-order valence-electron chi connectivity index (χ0n) is 11.2. The van der Waals surface area contributed by atoms with Crippen LogP contribution in [0.5, 0.6) is 0 Å². The normalized spacial score (nSPS) is 28.1. The maximum absolute atomic E-state index is 11.3. The van der Waals surface area contributed by atoms with Crippen molar-refractivity contribution < 1.29 is 29.6 Å². The lowest BCUT2D eigenvalue weighted by molar-refractivity contribution is -0.234. The summed E-state index contributed by atoms with van der Waals surface area (Å²) in [5.74, 6) is -0.255. The Balaban J connectivity index is 2.02. The van der Waals surface area contributed by atoms with E-state index >= 15 is 0 Å². The Bertz CT molecular complexity index is 291. The van der Waals surface area contributed by atoms with Crippen LogP contribution in [0.15, 0.2) is 0 Å². The van der Waals surface area contributed by atoms with Gasteiger partial charge in [-0.3, -0.25) is 4.79 Å². The molecule has 0 saturated carbocycles. The van der Waals surface area contributed by atoms with E-state index in [1.165, 1.54) is 0 Å². The van der Waals surface area contributed by atoms with E-state index in [2.05, 4.69) is 10.6 Å². The van der Waals surface area contributed by atoms with Gasteiger partial charge in [-0.2, -0.15) is 0 Å². The maximum Gasteiger partial charge on any atom is 0.234 e. The largest absolute Gasteiger partial charge is 0.391 e. The second-order valence-corrected chi connectivity index (χ2v) is 4.58. The zero-order valence-corrected chi connectivity index (χ0v) is 11.2.